The van der Waals surface area contributed by atoms with Crippen LogP contribution in [0.5, 0.6) is 0 Å². The fourth-order valence-electron chi connectivity index (χ4n) is 5.61. The van der Waals surface area contributed by atoms with Crippen molar-refractivity contribution in [3.8, 4) is 0 Å². The number of anilines is 1. The van der Waals surface area contributed by atoms with E-state index in [4.69, 9.17) is 4.74 Å². The van der Waals surface area contributed by atoms with E-state index in [1.807, 2.05) is 50.2 Å². The summed E-state index contributed by atoms with van der Waals surface area (Å²) in [5.41, 5.74) is 3.58. The zero-order valence-corrected chi connectivity index (χ0v) is 18.8. The Bertz CT molecular complexity index is 978. The van der Waals surface area contributed by atoms with E-state index in [2.05, 4.69) is 5.32 Å². The van der Waals surface area contributed by atoms with Gasteiger partial charge in [0.1, 0.15) is 0 Å². The first kappa shape index (κ1) is 22.3. The standard InChI is InChI=1S/C27H31NO4/c1-3-17-11-8-12-18(4-2)25(17)28-22(29)16-32-27(31)24-21-14-13-20(15-21)23(24)26(30)19-9-6-5-7-10-19/h5-12,20-21,23-24H,3-4,13-16H2,1-2H3,(H,28,29)/t20-,21-,23+,24-/m0/s1. The van der Waals surface area contributed by atoms with E-state index < -0.39 is 11.9 Å². The van der Waals surface area contributed by atoms with Crippen LogP contribution in [0.3, 0.4) is 0 Å². The van der Waals surface area contributed by atoms with Crippen LogP contribution in [0.2, 0.25) is 0 Å². The molecule has 0 unspecified atom stereocenters. The van der Waals surface area contributed by atoms with Gasteiger partial charge in [-0.05, 0) is 55.1 Å². The molecule has 4 rings (SSSR count). The number of hydrogen-bond donors (Lipinski definition) is 1. The highest BCUT2D eigenvalue weighted by Gasteiger charge is 2.54. The summed E-state index contributed by atoms with van der Waals surface area (Å²) in [5.74, 6) is -1.15. The van der Waals surface area contributed by atoms with Gasteiger partial charge in [0, 0.05) is 17.2 Å². The number of Topliss-reactive ketones (excluding diaryl/α,β-unsaturated/α-hetero) is 1. The molecule has 2 aromatic rings. The number of ketones is 1. The first-order chi connectivity index (χ1) is 15.5. The molecule has 2 aliphatic rings. The maximum Gasteiger partial charge on any atom is 0.310 e. The molecule has 5 heteroatoms. The van der Waals surface area contributed by atoms with Gasteiger partial charge in [0.05, 0.1) is 5.92 Å². The Morgan fingerprint density at radius 3 is 2.12 bits per heavy atom. The summed E-state index contributed by atoms with van der Waals surface area (Å²) in [5, 5.41) is 2.94. The molecule has 0 radical (unpaired) electrons. The van der Waals surface area contributed by atoms with Crippen LogP contribution in [0.25, 0.3) is 0 Å². The van der Waals surface area contributed by atoms with Gasteiger partial charge in [-0.1, -0.05) is 62.4 Å². The van der Waals surface area contributed by atoms with E-state index in [0.29, 0.717) is 5.56 Å². The predicted octanol–water partition coefficient (Wildman–Crippen LogP) is 4.84. The number of carbonyl (C=O) groups is 3. The SMILES string of the molecule is CCc1cccc(CC)c1NC(=O)COC(=O)[C@H]1[C@H]2CC[C@@H](C2)[C@H]1C(=O)c1ccccc1. The van der Waals surface area contributed by atoms with E-state index in [0.717, 1.165) is 48.9 Å². The molecule has 2 fully saturated rings. The average molecular weight is 434 g/mol. The topological polar surface area (TPSA) is 72.5 Å². The molecule has 32 heavy (non-hydrogen) atoms. The zero-order chi connectivity index (χ0) is 22.7. The van der Waals surface area contributed by atoms with Gasteiger partial charge in [-0.3, -0.25) is 14.4 Å². The highest BCUT2D eigenvalue weighted by Crippen LogP contribution is 2.53. The molecule has 0 aliphatic heterocycles. The maximum atomic E-state index is 13.2. The number of aryl methyl sites for hydroxylation is 2. The molecule has 2 bridgehead atoms. The number of nitrogens with one attached hydrogen (secondary N) is 1. The van der Waals surface area contributed by atoms with Crippen molar-refractivity contribution in [1.29, 1.82) is 0 Å². The van der Waals surface area contributed by atoms with Gasteiger partial charge < -0.3 is 10.1 Å². The maximum absolute atomic E-state index is 13.2. The number of benzene rings is 2. The quantitative estimate of drug-likeness (QED) is 0.478. The molecule has 0 heterocycles. The highest BCUT2D eigenvalue weighted by molar-refractivity contribution is 6.01. The minimum atomic E-state index is -0.455. The molecular weight excluding hydrogens is 402 g/mol. The van der Waals surface area contributed by atoms with Gasteiger partial charge in [-0.25, -0.2) is 0 Å². The molecule has 1 amide bonds. The van der Waals surface area contributed by atoms with Gasteiger partial charge in [0.25, 0.3) is 5.91 Å². The largest absolute Gasteiger partial charge is 0.455 e. The minimum Gasteiger partial charge on any atom is -0.455 e. The Labute approximate surface area is 189 Å². The number of ether oxygens (including phenoxy) is 1. The molecule has 0 aromatic heterocycles. The van der Waals surface area contributed by atoms with Crippen LogP contribution in [0.1, 0.15) is 54.6 Å². The van der Waals surface area contributed by atoms with Crippen molar-refractivity contribution in [3.05, 3.63) is 65.2 Å². The third kappa shape index (κ3) is 4.34. The molecule has 2 aliphatic carbocycles. The van der Waals surface area contributed by atoms with Crippen LogP contribution < -0.4 is 5.32 Å². The van der Waals surface area contributed by atoms with Crippen molar-refractivity contribution < 1.29 is 19.1 Å². The molecule has 0 spiro atoms. The molecule has 168 valence electrons. The van der Waals surface area contributed by atoms with Crippen LogP contribution in [0, 0.1) is 23.7 Å². The predicted molar refractivity (Wildman–Crippen MR) is 123 cm³/mol. The summed E-state index contributed by atoms with van der Waals surface area (Å²) in [6.45, 7) is 3.76. The van der Waals surface area contributed by atoms with E-state index in [9.17, 15) is 14.4 Å². The number of fused-ring (bicyclic) bond motifs is 2. The molecule has 0 saturated heterocycles. The third-order valence-electron chi connectivity index (χ3n) is 7.16. The first-order valence-electron chi connectivity index (χ1n) is 11.7. The van der Waals surface area contributed by atoms with Crippen LogP contribution >= 0.6 is 0 Å². The van der Waals surface area contributed by atoms with Crippen LogP contribution in [0.4, 0.5) is 5.69 Å². The van der Waals surface area contributed by atoms with Crippen LogP contribution in [-0.2, 0) is 27.2 Å². The van der Waals surface area contributed by atoms with Crippen LogP contribution in [0.15, 0.2) is 48.5 Å². The summed E-state index contributed by atoms with van der Waals surface area (Å²) in [7, 11) is 0. The lowest BCUT2D eigenvalue weighted by Crippen LogP contribution is -2.37. The van der Waals surface area contributed by atoms with Gasteiger partial charge in [0.2, 0.25) is 0 Å². The van der Waals surface area contributed by atoms with Gasteiger partial charge in [-0.2, -0.15) is 0 Å². The fraction of sp³-hybridized carbons (Fsp3) is 0.444. The number of amides is 1. The van der Waals surface area contributed by atoms with Crippen molar-refractivity contribution in [2.45, 2.75) is 46.0 Å². The summed E-state index contributed by atoms with van der Waals surface area (Å²) in [6.07, 6.45) is 4.42. The van der Waals surface area contributed by atoms with Crippen molar-refractivity contribution in [3.63, 3.8) is 0 Å². The second-order valence-electron chi connectivity index (χ2n) is 8.93. The van der Waals surface area contributed by atoms with Gasteiger partial charge in [0.15, 0.2) is 12.4 Å². The summed E-state index contributed by atoms with van der Waals surface area (Å²) in [4.78, 5) is 38.8. The number of para-hydroxylation sites is 1. The number of esters is 1. The second kappa shape index (κ2) is 9.68. The van der Waals surface area contributed by atoms with Gasteiger partial charge in [-0.15, -0.1) is 0 Å². The Morgan fingerprint density at radius 1 is 0.875 bits per heavy atom. The number of hydrogen-bond acceptors (Lipinski definition) is 4. The molecular formula is C27H31NO4. The van der Waals surface area contributed by atoms with Crippen molar-refractivity contribution >= 4 is 23.3 Å². The summed E-state index contributed by atoms with van der Waals surface area (Å²) < 4.78 is 5.47. The summed E-state index contributed by atoms with van der Waals surface area (Å²) >= 11 is 0. The number of rotatable bonds is 8. The van der Waals surface area contributed by atoms with Gasteiger partial charge >= 0.3 is 5.97 Å². The van der Waals surface area contributed by atoms with E-state index in [1.54, 1.807) is 12.1 Å². The Balaban J connectivity index is 1.42. The zero-order valence-electron chi connectivity index (χ0n) is 18.8. The lowest BCUT2D eigenvalue weighted by atomic mass is 9.75. The lowest BCUT2D eigenvalue weighted by molar-refractivity contribution is -0.154. The molecule has 4 atom stereocenters. The van der Waals surface area contributed by atoms with Crippen LogP contribution in [-0.4, -0.2) is 24.3 Å². The first-order valence-corrected chi connectivity index (χ1v) is 11.7. The van der Waals surface area contributed by atoms with E-state index in [-0.39, 0.29) is 36.1 Å². The molecule has 2 saturated carbocycles. The van der Waals surface area contributed by atoms with Crippen molar-refractivity contribution in [2.75, 3.05) is 11.9 Å². The number of carbonyl (C=O) groups excluding carboxylic acids is 3. The smallest absolute Gasteiger partial charge is 0.310 e. The van der Waals surface area contributed by atoms with E-state index >= 15 is 0 Å². The summed E-state index contributed by atoms with van der Waals surface area (Å²) in [6, 6.07) is 15.2. The Kier molecular flexibility index (Phi) is 6.73. The normalized spacial score (nSPS) is 23.7. The second-order valence-corrected chi connectivity index (χ2v) is 8.93. The molecule has 5 nitrogen and oxygen atoms in total. The fourth-order valence-corrected chi connectivity index (χ4v) is 5.61. The van der Waals surface area contributed by atoms with E-state index in [1.165, 1.54) is 0 Å². The Hall–Kier alpha value is -2.95. The monoisotopic (exact) mass is 433 g/mol. The average Bonchev–Trinajstić information content (AvgIpc) is 3.44. The minimum absolute atomic E-state index is 0.0219. The third-order valence-corrected chi connectivity index (χ3v) is 7.16. The van der Waals surface area contributed by atoms with Crippen molar-refractivity contribution in [2.24, 2.45) is 23.7 Å². The molecule has 1 N–H and O–H groups in total. The highest BCUT2D eigenvalue weighted by atomic mass is 16.5. The Morgan fingerprint density at radius 2 is 1.50 bits per heavy atom. The lowest BCUT2D eigenvalue weighted by Gasteiger charge is -2.28. The molecule has 2 aromatic carbocycles. The van der Waals surface area contributed by atoms with Crippen molar-refractivity contribution in [1.82, 2.24) is 0 Å².